The number of aryl methyl sites for hydroxylation is 1. The summed E-state index contributed by atoms with van der Waals surface area (Å²) in [6.07, 6.45) is 12.5. The van der Waals surface area contributed by atoms with Gasteiger partial charge in [0.25, 0.3) is 0 Å². The summed E-state index contributed by atoms with van der Waals surface area (Å²) in [7, 11) is 0. The van der Waals surface area contributed by atoms with E-state index in [9.17, 15) is 10.1 Å². The molecule has 0 unspecified atom stereocenters. The smallest absolute Gasteiger partial charge is 0.338 e. The summed E-state index contributed by atoms with van der Waals surface area (Å²) in [5.74, 6) is -0.226. The maximum atomic E-state index is 12.4. The van der Waals surface area contributed by atoms with E-state index in [1.165, 1.54) is 37.7 Å². The normalized spacial score (nSPS) is 22.2. The van der Waals surface area contributed by atoms with Crippen LogP contribution >= 0.6 is 0 Å². The molecule has 0 heterocycles. The first-order chi connectivity index (χ1) is 13.1. The van der Waals surface area contributed by atoms with E-state index in [2.05, 4.69) is 19.9 Å². The van der Waals surface area contributed by atoms with Crippen molar-refractivity contribution in [3.63, 3.8) is 0 Å². The predicted molar refractivity (Wildman–Crippen MR) is 110 cm³/mol. The van der Waals surface area contributed by atoms with E-state index in [1.54, 1.807) is 0 Å². The molecular weight excluding hydrogens is 334 g/mol. The van der Waals surface area contributed by atoms with Crippen LogP contribution in [0.25, 0.3) is 0 Å². The number of hydrogen-bond donors (Lipinski definition) is 0. The van der Waals surface area contributed by atoms with Crippen molar-refractivity contribution in [1.82, 2.24) is 0 Å². The maximum absolute atomic E-state index is 12.4. The Bertz CT molecular complexity index is 606. The molecule has 0 aromatic heterocycles. The summed E-state index contributed by atoms with van der Waals surface area (Å²) in [6.45, 7) is 4.39. The SMILES string of the molecule is CCCCCc1ccc(C(=O)O[C@H]2CC[C@@](C#N)(CCCCC)CC2)cc1. The Morgan fingerprint density at radius 3 is 2.30 bits per heavy atom. The molecule has 0 spiro atoms. The monoisotopic (exact) mass is 369 g/mol. The van der Waals surface area contributed by atoms with Gasteiger partial charge in [-0.3, -0.25) is 0 Å². The molecule has 1 aromatic carbocycles. The highest BCUT2D eigenvalue weighted by atomic mass is 16.5. The number of unbranched alkanes of at least 4 members (excludes halogenated alkanes) is 4. The van der Waals surface area contributed by atoms with Crippen LogP contribution in [0.15, 0.2) is 24.3 Å². The van der Waals surface area contributed by atoms with Crippen molar-refractivity contribution < 1.29 is 9.53 Å². The minimum absolute atomic E-state index is 0.0469. The second kappa shape index (κ2) is 11.1. The molecule has 0 amide bonds. The van der Waals surface area contributed by atoms with E-state index in [4.69, 9.17) is 4.74 Å². The predicted octanol–water partition coefficient (Wildman–Crippen LogP) is 6.61. The second-order valence-electron chi connectivity index (χ2n) is 8.11. The Kier molecular flexibility index (Phi) is 8.85. The van der Waals surface area contributed by atoms with Crippen molar-refractivity contribution in [2.24, 2.45) is 5.41 Å². The first kappa shape index (κ1) is 21.5. The van der Waals surface area contributed by atoms with Gasteiger partial charge in [-0.25, -0.2) is 4.79 Å². The molecule has 1 aliphatic carbocycles. The number of nitriles is 1. The highest BCUT2D eigenvalue weighted by Crippen LogP contribution is 2.41. The van der Waals surface area contributed by atoms with Gasteiger partial charge in [-0.2, -0.15) is 5.26 Å². The van der Waals surface area contributed by atoms with Crippen LogP contribution in [0.1, 0.15) is 100 Å². The Morgan fingerprint density at radius 2 is 1.70 bits per heavy atom. The standard InChI is InChI=1S/C24H35NO2/c1-3-5-7-9-20-10-12-21(13-11-20)23(26)27-22-14-17-24(19-25,18-15-22)16-8-6-4-2/h10-13,22H,3-9,14-18H2,1-2H3/t22-,24-. The van der Waals surface area contributed by atoms with Gasteiger partial charge < -0.3 is 4.74 Å². The zero-order valence-corrected chi connectivity index (χ0v) is 17.1. The summed E-state index contributed by atoms with van der Waals surface area (Å²) in [6, 6.07) is 10.4. The van der Waals surface area contributed by atoms with Crippen LogP contribution in [0, 0.1) is 16.7 Å². The molecule has 1 fully saturated rings. The van der Waals surface area contributed by atoms with Gasteiger partial charge in [0.15, 0.2) is 0 Å². The number of rotatable bonds is 10. The van der Waals surface area contributed by atoms with Gasteiger partial charge in [0.05, 0.1) is 17.0 Å². The molecule has 2 rings (SSSR count). The molecule has 0 saturated heterocycles. The fourth-order valence-corrected chi connectivity index (χ4v) is 4.00. The van der Waals surface area contributed by atoms with E-state index in [1.807, 2.05) is 24.3 Å². The first-order valence-corrected chi connectivity index (χ1v) is 10.8. The van der Waals surface area contributed by atoms with Crippen LogP contribution in [0.5, 0.6) is 0 Å². The van der Waals surface area contributed by atoms with Crippen LogP contribution in [-0.4, -0.2) is 12.1 Å². The van der Waals surface area contributed by atoms with Gasteiger partial charge in [-0.15, -0.1) is 0 Å². The number of ether oxygens (including phenoxy) is 1. The molecule has 3 nitrogen and oxygen atoms in total. The summed E-state index contributed by atoms with van der Waals surface area (Å²) >= 11 is 0. The zero-order chi connectivity index (χ0) is 19.5. The van der Waals surface area contributed by atoms with Crippen molar-refractivity contribution in [3.8, 4) is 6.07 Å². The van der Waals surface area contributed by atoms with Crippen LogP contribution in [0.2, 0.25) is 0 Å². The molecule has 0 radical (unpaired) electrons. The molecule has 148 valence electrons. The molecule has 0 atom stereocenters. The minimum atomic E-state index is -0.226. The number of nitrogens with zero attached hydrogens (tertiary/aromatic N) is 1. The average molecular weight is 370 g/mol. The average Bonchev–Trinajstić information content (AvgIpc) is 2.70. The third kappa shape index (κ3) is 6.69. The minimum Gasteiger partial charge on any atom is -0.459 e. The van der Waals surface area contributed by atoms with Crippen LogP contribution in [0.4, 0.5) is 0 Å². The number of esters is 1. The Morgan fingerprint density at radius 1 is 1.07 bits per heavy atom. The largest absolute Gasteiger partial charge is 0.459 e. The fourth-order valence-electron chi connectivity index (χ4n) is 4.00. The van der Waals surface area contributed by atoms with Crippen molar-refractivity contribution in [1.29, 1.82) is 5.26 Å². The highest BCUT2D eigenvalue weighted by Gasteiger charge is 2.36. The summed E-state index contributed by atoms with van der Waals surface area (Å²) < 4.78 is 5.73. The number of benzene rings is 1. The second-order valence-corrected chi connectivity index (χ2v) is 8.11. The van der Waals surface area contributed by atoms with Crippen molar-refractivity contribution >= 4 is 5.97 Å². The summed E-state index contributed by atoms with van der Waals surface area (Å²) in [5, 5.41) is 9.63. The Balaban J connectivity index is 1.80. The molecule has 0 aliphatic heterocycles. The number of carbonyl (C=O) groups is 1. The van der Waals surface area contributed by atoms with Crippen molar-refractivity contribution in [3.05, 3.63) is 35.4 Å². The highest BCUT2D eigenvalue weighted by molar-refractivity contribution is 5.89. The van der Waals surface area contributed by atoms with Crippen molar-refractivity contribution in [2.45, 2.75) is 97.0 Å². The Hall–Kier alpha value is -1.82. The van der Waals surface area contributed by atoms with Gasteiger partial charge in [-0.1, -0.05) is 58.1 Å². The van der Waals surface area contributed by atoms with E-state index in [-0.39, 0.29) is 17.5 Å². The first-order valence-electron chi connectivity index (χ1n) is 10.8. The third-order valence-electron chi connectivity index (χ3n) is 5.92. The summed E-state index contributed by atoms with van der Waals surface area (Å²) in [4.78, 5) is 12.4. The van der Waals surface area contributed by atoms with Crippen LogP contribution in [0.3, 0.4) is 0 Å². The van der Waals surface area contributed by atoms with Gasteiger partial charge in [0.2, 0.25) is 0 Å². The fraction of sp³-hybridized carbons (Fsp3) is 0.667. The van der Waals surface area contributed by atoms with E-state index >= 15 is 0 Å². The van der Waals surface area contributed by atoms with Gasteiger partial charge in [0.1, 0.15) is 6.10 Å². The van der Waals surface area contributed by atoms with E-state index in [0.29, 0.717) is 5.56 Å². The number of hydrogen-bond acceptors (Lipinski definition) is 3. The quantitative estimate of drug-likeness (QED) is 0.344. The van der Waals surface area contributed by atoms with Crippen LogP contribution in [-0.2, 0) is 11.2 Å². The molecule has 1 aromatic rings. The topological polar surface area (TPSA) is 50.1 Å². The molecule has 0 bridgehead atoms. The summed E-state index contributed by atoms with van der Waals surface area (Å²) in [5.41, 5.74) is 1.72. The molecule has 3 heteroatoms. The lowest BCUT2D eigenvalue weighted by molar-refractivity contribution is 0.0105. The molecule has 0 N–H and O–H groups in total. The van der Waals surface area contributed by atoms with Gasteiger partial charge >= 0.3 is 5.97 Å². The van der Waals surface area contributed by atoms with E-state index < -0.39 is 0 Å². The third-order valence-corrected chi connectivity index (χ3v) is 5.92. The molecule has 1 saturated carbocycles. The van der Waals surface area contributed by atoms with Gasteiger partial charge in [0, 0.05) is 0 Å². The molecular formula is C24H35NO2. The maximum Gasteiger partial charge on any atom is 0.338 e. The van der Waals surface area contributed by atoms with Crippen LogP contribution < -0.4 is 0 Å². The lowest BCUT2D eigenvalue weighted by Crippen LogP contribution is -2.31. The van der Waals surface area contributed by atoms with Gasteiger partial charge in [-0.05, 0) is 62.6 Å². The van der Waals surface area contributed by atoms with Crippen molar-refractivity contribution in [2.75, 3.05) is 0 Å². The molecule has 1 aliphatic rings. The Labute approximate surface area is 165 Å². The lowest BCUT2D eigenvalue weighted by Gasteiger charge is -2.34. The molecule has 27 heavy (non-hydrogen) atoms. The van der Waals surface area contributed by atoms with E-state index in [0.717, 1.165) is 44.9 Å². The number of carbonyl (C=O) groups excluding carboxylic acids is 1. The lowest BCUT2D eigenvalue weighted by atomic mass is 9.71. The zero-order valence-electron chi connectivity index (χ0n) is 17.1.